The summed E-state index contributed by atoms with van der Waals surface area (Å²) in [6.07, 6.45) is 0.800. The van der Waals surface area contributed by atoms with Crippen LogP contribution in [0.3, 0.4) is 0 Å². The Balaban J connectivity index is 2.42. The fourth-order valence-electron chi connectivity index (χ4n) is 1.06. The first kappa shape index (κ1) is 13.5. The molecule has 1 rings (SSSR count). The topological polar surface area (TPSA) is 69.4 Å². The fourth-order valence-corrected chi connectivity index (χ4v) is 1.76. The van der Waals surface area contributed by atoms with Crippen molar-refractivity contribution in [3.05, 3.63) is 34.4 Å². The molecule has 0 unspecified atom stereocenters. The third-order valence-corrected chi connectivity index (χ3v) is 2.86. The fraction of sp³-hybridized carbons (Fsp3) is 0.364. The van der Waals surface area contributed by atoms with E-state index >= 15 is 0 Å². The molecule has 5 nitrogen and oxygen atoms in total. The Morgan fingerprint density at radius 1 is 1.41 bits per heavy atom. The highest BCUT2D eigenvalue weighted by molar-refractivity contribution is 8.00. The van der Waals surface area contributed by atoms with Crippen molar-refractivity contribution < 1.29 is 14.5 Å². The van der Waals surface area contributed by atoms with Gasteiger partial charge in [0.2, 0.25) is 0 Å². The summed E-state index contributed by atoms with van der Waals surface area (Å²) in [4.78, 5) is 22.0. The highest BCUT2D eigenvalue weighted by atomic mass is 32.2. The van der Waals surface area contributed by atoms with Crippen LogP contribution in [0.5, 0.6) is 0 Å². The first-order valence-electron chi connectivity index (χ1n) is 5.16. The Bertz CT molecular complexity index is 391. The molecule has 0 saturated heterocycles. The molecule has 0 atom stereocenters. The summed E-state index contributed by atoms with van der Waals surface area (Å²) in [7, 11) is 0. The SMILES string of the molecule is CCCOC(=O)CSc1ccc([N+](=O)[O-])cc1. The predicted octanol–water partition coefficient (Wildman–Crippen LogP) is 2.64. The molecule has 0 aromatic heterocycles. The van der Waals surface area contributed by atoms with Crippen LogP contribution in [0.15, 0.2) is 29.2 Å². The molecule has 0 saturated carbocycles. The number of nitro benzene ring substituents is 1. The third kappa shape index (κ3) is 4.86. The van der Waals surface area contributed by atoms with E-state index in [9.17, 15) is 14.9 Å². The van der Waals surface area contributed by atoms with Gasteiger partial charge in [-0.15, -0.1) is 11.8 Å². The first-order valence-corrected chi connectivity index (χ1v) is 6.15. The van der Waals surface area contributed by atoms with Gasteiger partial charge in [-0.2, -0.15) is 0 Å². The maximum atomic E-state index is 11.2. The lowest BCUT2D eigenvalue weighted by Crippen LogP contribution is -2.07. The van der Waals surface area contributed by atoms with E-state index in [0.29, 0.717) is 6.61 Å². The summed E-state index contributed by atoms with van der Waals surface area (Å²) in [5.74, 6) is -0.0483. The zero-order chi connectivity index (χ0) is 12.7. The molecule has 0 fully saturated rings. The monoisotopic (exact) mass is 255 g/mol. The highest BCUT2D eigenvalue weighted by Gasteiger charge is 2.06. The molecule has 0 bridgehead atoms. The highest BCUT2D eigenvalue weighted by Crippen LogP contribution is 2.21. The smallest absolute Gasteiger partial charge is 0.316 e. The molecule has 17 heavy (non-hydrogen) atoms. The molecule has 1 aromatic rings. The van der Waals surface area contributed by atoms with Crippen LogP contribution in [-0.4, -0.2) is 23.3 Å². The summed E-state index contributed by atoms with van der Waals surface area (Å²) >= 11 is 1.30. The number of thioether (sulfide) groups is 1. The Kier molecular flexibility index (Phi) is 5.48. The normalized spacial score (nSPS) is 9.94. The standard InChI is InChI=1S/C11H13NO4S/c1-2-7-16-11(13)8-17-10-5-3-9(4-6-10)12(14)15/h3-6H,2,7-8H2,1H3. The summed E-state index contributed by atoms with van der Waals surface area (Å²) in [5.41, 5.74) is 0.0444. The molecule has 0 N–H and O–H groups in total. The number of hydrogen-bond acceptors (Lipinski definition) is 5. The van der Waals surface area contributed by atoms with Crippen molar-refractivity contribution >= 4 is 23.4 Å². The van der Waals surface area contributed by atoms with E-state index in [4.69, 9.17) is 4.74 Å². The van der Waals surface area contributed by atoms with Crippen LogP contribution in [0.1, 0.15) is 13.3 Å². The number of hydrogen-bond donors (Lipinski definition) is 0. The Hall–Kier alpha value is -1.56. The van der Waals surface area contributed by atoms with Crippen LogP contribution in [0.4, 0.5) is 5.69 Å². The van der Waals surface area contributed by atoms with Crippen LogP contribution >= 0.6 is 11.8 Å². The number of nitro groups is 1. The molecule has 6 heteroatoms. The second-order valence-electron chi connectivity index (χ2n) is 3.26. The van der Waals surface area contributed by atoms with Crippen molar-refractivity contribution in [2.45, 2.75) is 18.2 Å². The van der Waals surface area contributed by atoms with E-state index in [2.05, 4.69) is 0 Å². The molecule has 0 aliphatic heterocycles. The van der Waals surface area contributed by atoms with Gasteiger partial charge in [0, 0.05) is 17.0 Å². The van der Waals surface area contributed by atoms with Crippen LogP contribution < -0.4 is 0 Å². The largest absolute Gasteiger partial charge is 0.465 e. The minimum Gasteiger partial charge on any atom is -0.465 e. The number of benzene rings is 1. The van der Waals surface area contributed by atoms with E-state index in [0.717, 1.165) is 11.3 Å². The van der Waals surface area contributed by atoms with Crippen molar-refractivity contribution in [2.75, 3.05) is 12.4 Å². The molecule has 0 aliphatic carbocycles. The van der Waals surface area contributed by atoms with Crippen LogP contribution in [0.25, 0.3) is 0 Å². The molecule has 0 heterocycles. The molecular formula is C11H13NO4S. The molecule has 92 valence electrons. The molecule has 0 amide bonds. The lowest BCUT2D eigenvalue weighted by atomic mass is 10.3. The van der Waals surface area contributed by atoms with Crippen LogP contribution in [0, 0.1) is 10.1 Å². The van der Waals surface area contributed by atoms with Crippen molar-refractivity contribution in [2.24, 2.45) is 0 Å². The predicted molar refractivity (Wildman–Crippen MR) is 65.1 cm³/mol. The van der Waals surface area contributed by atoms with E-state index in [1.54, 1.807) is 12.1 Å². The summed E-state index contributed by atoms with van der Waals surface area (Å²) in [5, 5.41) is 10.4. The van der Waals surface area contributed by atoms with Crippen LogP contribution in [0.2, 0.25) is 0 Å². The van der Waals surface area contributed by atoms with Gasteiger partial charge in [-0.25, -0.2) is 0 Å². The van der Waals surface area contributed by atoms with Gasteiger partial charge in [-0.1, -0.05) is 6.92 Å². The Morgan fingerprint density at radius 2 is 2.06 bits per heavy atom. The maximum Gasteiger partial charge on any atom is 0.316 e. The van der Waals surface area contributed by atoms with Gasteiger partial charge >= 0.3 is 5.97 Å². The molecule has 1 aromatic carbocycles. The summed E-state index contributed by atoms with van der Waals surface area (Å²) in [6, 6.07) is 6.07. The van der Waals surface area contributed by atoms with Gasteiger partial charge in [0.1, 0.15) is 0 Å². The van der Waals surface area contributed by atoms with Crippen molar-refractivity contribution in [3.63, 3.8) is 0 Å². The Morgan fingerprint density at radius 3 is 2.59 bits per heavy atom. The van der Waals surface area contributed by atoms with Crippen molar-refractivity contribution in [1.29, 1.82) is 0 Å². The van der Waals surface area contributed by atoms with Gasteiger partial charge in [0.15, 0.2) is 0 Å². The molecule has 0 aliphatic rings. The second-order valence-corrected chi connectivity index (χ2v) is 4.31. The first-order chi connectivity index (χ1) is 8.13. The number of carbonyl (C=O) groups excluding carboxylic acids is 1. The average Bonchev–Trinajstić information content (AvgIpc) is 2.34. The van der Waals surface area contributed by atoms with Gasteiger partial charge < -0.3 is 4.74 Å². The van der Waals surface area contributed by atoms with E-state index < -0.39 is 4.92 Å². The van der Waals surface area contributed by atoms with Gasteiger partial charge in [-0.3, -0.25) is 14.9 Å². The molecule has 0 spiro atoms. The molecule has 0 radical (unpaired) electrons. The second kappa shape index (κ2) is 6.90. The Labute approximate surface area is 103 Å². The molecular weight excluding hydrogens is 242 g/mol. The number of carbonyl (C=O) groups is 1. The lowest BCUT2D eigenvalue weighted by Gasteiger charge is -2.02. The van der Waals surface area contributed by atoms with Crippen molar-refractivity contribution in [1.82, 2.24) is 0 Å². The van der Waals surface area contributed by atoms with Gasteiger partial charge in [0.05, 0.1) is 17.3 Å². The van der Waals surface area contributed by atoms with E-state index in [-0.39, 0.29) is 17.4 Å². The third-order valence-electron chi connectivity index (χ3n) is 1.87. The van der Waals surface area contributed by atoms with Gasteiger partial charge in [-0.05, 0) is 18.6 Å². The zero-order valence-corrected chi connectivity index (χ0v) is 10.2. The minimum atomic E-state index is -0.454. The number of rotatable bonds is 6. The van der Waals surface area contributed by atoms with E-state index in [1.165, 1.54) is 23.9 Å². The van der Waals surface area contributed by atoms with Gasteiger partial charge in [0.25, 0.3) is 5.69 Å². The summed E-state index contributed by atoms with van der Waals surface area (Å²) < 4.78 is 4.91. The number of ether oxygens (including phenoxy) is 1. The number of non-ortho nitro benzene ring substituents is 1. The summed E-state index contributed by atoms with van der Waals surface area (Å²) in [6.45, 7) is 2.36. The zero-order valence-electron chi connectivity index (χ0n) is 9.42. The minimum absolute atomic E-state index is 0.0444. The number of esters is 1. The quantitative estimate of drug-likeness (QED) is 0.338. The average molecular weight is 255 g/mol. The maximum absolute atomic E-state index is 11.2. The van der Waals surface area contributed by atoms with E-state index in [1.807, 2.05) is 6.92 Å². The lowest BCUT2D eigenvalue weighted by molar-refractivity contribution is -0.384. The van der Waals surface area contributed by atoms with Crippen LogP contribution in [-0.2, 0) is 9.53 Å². The number of nitrogens with zero attached hydrogens (tertiary/aromatic N) is 1. The van der Waals surface area contributed by atoms with Crippen molar-refractivity contribution in [3.8, 4) is 0 Å².